The van der Waals surface area contributed by atoms with E-state index in [1.165, 1.54) is 11.3 Å². The molecule has 5 rings (SSSR count). The van der Waals surface area contributed by atoms with Gasteiger partial charge in [-0.3, -0.25) is 4.79 Å². The Morgan fingerprint density at radius 2 is 1.84 bits per heavy atom. The van der Waals surface area contributed by atoms with Crippen LogP contribution in [0.25, 0.3) is 27.1 Å². The minimum absolute atomic E-state index is 0.102. The molecule has 0 bridgehead atoms. The number of halogens is 3. The predicted octanol–water partition coefficient (Wildman–Crippen LogP) is 4.67. The molecule has 7 nitrogen and oxygen atoms in total. The van der Waals surface area contributed by atoms with Crippen molar-refractivity contribution in [3.8, 4) is 10.6 Å². The number of nitrogens with one attached hydrogen (secondary N) is 1. The Hall–Kier alpha value is -3.86. The summed E-state index contributed by atoms with van der Waals surface area (Å²) in [4.78, 5) is 25.4. The van der Waals surface area contributed by atoms with Crippen LogP contribution in [0.3, 0.4) is 0 Å². The maximum Gasteiger partial charge on any atom is 0.433 e. The van der Waals surface area contributed by atoms with Gasteiger partial charge >= 0.3 is 6.18 Å². The lowest BCUT2D eigenvalue weighted by molar-refractivity contribution is -0.142. The van der Waals surface area contributed by atoms with Crippen LogP contribution in [0.4, 0.5) is 19.0 Å². The van der Waals surface area contributed by atoms with Crippen LogP contribution >= 0.6 is 11.3 Å². The largest absolute Gasteiger partial charge is 0.433 e. The molecule has 0 aliphatic heterocycles. The van der Waals surface area contributed by atoms with Crippen molar-refractivity contribution in [3.63, 3.8) is 0 Å². The van der Waals surface area contributed by atoms with Gasteiger partial charge in [0.25, 0.3) is 11.7 Å². The van der Waals surface area contributed by atoms with E-state index in [-0.39, 0.29) is 17.3 Å². The third-order valence-electron chi connectivity index (χ3n) is 4.45. The molecule has 4 aromatic heterocycles. The van der Waals surface area contributed by atoms with Crippen molar-refractivity contribution in [2.24, 2.45) is 0 Å². The van der Waals surface area contributed by atoms with Crippen molar-refractivity contribution in [2.45, 2.75) is 6.18 Å². The number of fused-ring (bicyclic) bond motifs is 2. The summed E-state index contributed by atoms with van der Waals surface area (Å²) in [5.74, 6) is -1.34. The molecule has 5 aromatic rings. The Labute approximate surface area is 176 Å². The highest BCUT2D eigenvalue weighted by molar-refractivity contribution is 7.13. The molecule has 31 heavy (non-hydrogen) atoms. The first-order valence-electron chi connectivity index (χ1n) is 8.93. The van der Waals surface area contributed by atoms with E-state index in [2.05, 4.69) is 25.4 Å². The van der Waals surface area contributed by atoms with Crippen molar-refractivity contribution in [2.75, 3.05) is 5.32 Å². The molecule has 0 unspecified atom stereocenters. The second-order valence-corrected chi connectivity index (χ2v) is 7.47. The molecule has 0 aliphatic carbocycles. The fourth-order valence-corrected chi connectivity index (χ4v) is 3.73. The zero-order valence-electron chi connectivity index (χ0n) is 15.5. The van der Waals surface area contributed by atoms with Gasteiger partial charge in [0.15, 0.2) is 5.69 Å². The number of amides is 1. The molecule has 4 heterocycles. The molecule has 0 fully saturated rings. The molecule has 0 spiro atoms. The van der Waals surface area contributed by atoms with Crippen molar-refractivity contribution in [1.29, 1.82) is 0 Å². The van der Waals surface area contributed by atoms with E-state index in [0.29, 0.717) is 9.39 Å². The van der Waals surface area contributed by atoms with Crippen molar-refractivity contribution >= 4 is 39.6 Å². The first kappa shape index (κ1) is 19.1. The molecular weight excluding hydrogens is 429 g/mol. The summed E-state index contributed by atoms with van der Waals surface area (Å²) >= 11 is 1.24. The van der Waals surface area contributed by atoms with Gasteiger partial charge in [0.05, 0.1) is 10.6 Å². The van der Waals surface area contributed by atoms with Crippen LogP contribution in [0.15, 0.2) is 60.1 Å². The molecule has 0 saturated carbocycles. The lowest BCUT2D eigenvalue weighted by Gasteiger charge is -2.09. The minimum Gasteiger partial charge on any atom is -0.304 e. The monoisotopic (exact) mass is 440 g/mol. The first-order valence-corrected chi connectivity index (χ1v) is 9.81. The van der Waals surface area contributed by atoms with Crippen molar-refractivity contribution < 1.29 is 18.0 Å². The van der Waals surface area contributed by atoms with Gasteiger partial charge in [0.2, 0.25) is 5.82 Å². The summed E-state index contributed by atoms with van der Waals surface area (Å²) in [6.45, 7) is 0. The van der Waals surface area contributed by atoms with Gasteiger partial charge in [-0.15, -0.1) is 16.4 Å². The van der Waals surface area contributed by atoms with Crippen molar-refractivity contribution in [1.82, 2.24) is 24.6 Å². The molecule has 11 heteroatoms. The Balaban J connectivity index is 1.54. The Morgan fingerprint density at radius 3 is 2.58 bits per heavy atom. The van der Waals surface area contributed by atoms with E-state index in [9.17, 15) is 18.0 Å². The average Bonchev–Trinajstić information content (AvgIpc) is 3.42. The molecule has 154 valence electrons. The highest BCUT2D eigenvalue weighted by Gasteiger charge is 2.36. The van der Waals surface area contributed by atoms with Crippen molar-refractivity contribution in [3.05, 3.63) is 71.6 Å². The number of carbonyl (C=O) groups is 1. The SMILES string of the molecule is O=C(Nc1cc2ccccc2cn1)c1nc2nc(-c3cccs3)cc(C(F)(F)F)n2n1. The summed E-state index contributed by atoms with van der Waals surface area (Å²) in [6.07, 6.45) is -3.13. The molecule has 1 N–H and O–H groups in total. The fourth-order valence-electron chi connectivity index (χ4n) is 3.04. The molecular formula is C20H11F3N6OS. The summed E-state index contributed by atoms with van der Waals surface area (Å²) in [6, 6.07) is 13.3. The Morgan fingerprint density at radius 1 is 1.03 bits per heavy atom. The third kappa shape index (κ3) is 3.59. The molecule has 0 radical (unpaired) electrons. The number of thiophene rings is 1. The molecule has 0 aliphatic rings. The van der Waals surface area contributed by atoms with Crippen LogP contribution < -0.4 is 5.32 Å². The van der Waals surface area contributed by atoms with Gasteiger partial charge in [0, 0.05) is 11.6 Å². The summed E-state index contributed by atoms with van der Waals surface area (Å²) in [5, 5.41) is 9.72. The lowest BCUT2D eigenvalue weighted by atomic mass is 10.2. The van der Waals surface area contributed by atoms with Crippen LogP contribution in [0, 0.1) is 0 Å². The van der Waals surface area contributed by atoms with Crippen LogP contribution in [0.1, 0.15) is 16.3 Å². The minimum atomic E-state index is -4.71. The second-order valence-electron chi connectivity index (χ2n) is 6.52. The van der Waals surface area contributed by atoms with E-state index >= 15 is 0 Å². The normalized spacial score (nSPS) is 11.8. The fraction of sp³-hybridized carbons (Fsp3) is 0.0500. The van der Waals surface area contributed by atoms with Crippen LogP contribution in [-0.4, -0.2) is 30.5 Å². The van der Waals surface area contributed by atoms with Crippen LogP contribution in [0.5, 0.6) is 0 Å². The Bertz CT molecular complexity index is 1430. The number of carbonyl (C=O) groups excluding carboxylic acids is 1. The van der Waals surface area contributed by atoms with E-state index in [4.69, 9.17) is 0 Å². The zero-order chi connectivity index (χ0) is 21.6. The zero-order valence-corrected chi connectivity index (χ0v) is 16.3. The van der Waals surface area contributed by atoms with Gasteiger partial charge in [-0.25, -0.2) is 9.97 Å². The van der Waals surface area contributed by atoms with Gasteiger partial charge in [-0.1, -0.05) is 30.3 Å². The number of anilines is 1. The van der Waals surface area contributed by atoms with E-state index in [0.717, 1.165) is 16.8 Å². The maximum absolute atomic E-state index is 13.6. The number of rotatable bonds is 3. The first-order chi connectivity index (χ1) is 14.9. The van der Waals surface area contributed by atoms with Crippen LogP contribution in [0.2, 0.25) is 0 Å². The number of alkyl halides is 3. The third-order valence-corrected chi connectivity index (χ3v) is 5.34. The van der Waals surface area contributed by atoms with Gasteiger partial charge in [-0.2, -0.15) is 22.7 Å². The highest BCUT2D eigenvalue weighted by Crippen LogP contribution is 2.33. The summed E-state index contributed by atoms with van der Waals surface area (Å²) in [5.41, 5.74) is -0.971. The Kier molecular flexibility index (Phi) is 4.40. The van der Waals surface area contributed by atoms with E-state index < -0.39 is 23.6 Å². The summed E-state index contributed by atoms with van der Waals surface area (Å²) < 4.78 is 41.4. The lowest BCUT2D eigenvalue weighted by Crippen LogP contribution is -2.16. The predicted molar refractivity (Wildman–Crippen MR) is 109 cm³/mol. The second kappa shape index (κ2) is 7.13. The molecule has 1 aromatic carbocycles. The number of hydrogen-bond donors (Lipinski definition) is 1. The van der Waals surface area contributed by atoms with Gasteiger partial charge < -0.3 is 5.32 Å². The van der Waals surface area contributed by atoms with E-state index in [1.807, 2.05) is 24.3 Å². The maximum atomic E-state index is 13.6. The van der Waals surface area contributed by atoms with E-state index in [1.54, 1.807) is 29.8 Å². The highest BCUT2D eigenvalue weighted by atomic mass is 32.1. The summed E-state index contributed by atoms with van der Waals surface area (Å²) in [7, 11) is 0. The number of benzene rings is 1. The molecule has 0 atom stereocenters. The molecule has 0 saturated heterocycles. The number of hydrogen-bond acceptors (Lipinski definition) is 6. The number of nitrogens with zero attached hydrogens (tertiary/aromatic N) is 5. The average molecular weight is 440 g/mol. The van der Waals surface area contributed by atoms with Crippen LogP contribution in [-0.2, 0) is 6.18 Å². The van der Waals surface area contributed by atoms with Gasteiger partial charge in [-0.05, 0) is 29.0 Å². The molecule has 1 amide bonds. The number of aromatic nitrogens is 5. The quantitative estimate of drug-likeness (QED) is 0.441. The topological polar surface area (TPSA) is 85.1 Å². The van der Waals surface area contributed by atoms with Gasteiger partial charge in [0.1, 0.15) is 5.82 Å². The smallest absolute Gasteiger partial charge is 0.304 e. The number of pyridine rings is 1. The standard InChI is InChI=1S/C20H11F3N6OS/c21-20(22,23)15-9-13(14-6-3-7-31-14)25-19-27-17(28-29(15)19)18(30)26-16-8-11-4-1-2-5-12(11)10-24-16/h1-10H,(H,24,26,30).